The minimum Gasteiger partial charge on any atom is -0.393 e. The van der Waals surface area contributed by atoms with Gasteiger partial charge in [0.2, 0.25) is 0 Å². The van der Waals surface area contributed by atoms with Crippen LogP contribution in [0.5, 0.6) is 0 Å². The predicted octanol–water partition coefficient (Wildman–Crippen LogP) is 5.19. The highest BCUT2D eigenvalue weighted by Gasteiger charge is 2.58. The Balaban J connectivity index is 1.62. The zero-order chi connectivity index (χ0) is 14.8. The minimum absolute atomic E-state index is 0.00121. The van der Waals surface area contributed by atoms with Crippen molar-refractivity contribution in [3.8, 4) is 0 Å². The van der Waals surface area contributed by atoms with E-state index in [2.05, 4.69) is 36.4 Å². The topological polar surface area (TPSA) is 20.2 Å². The summed E-state index contributed by atoms with van der Waals surface area (Å²) >= 11 is 2.72. The highest BCUT2D eigenvalue weighted by atomic mass is 127. The molecule has 0 radical (unpaired) electrons. The highest BCUT2D eigenvalue weighted by molar-refractivity contribution is 14.1. The number of fused-ring (bicyclic) bond motifs is 5. The summed E-state index contributed by atoms with van der Waals surface area (Å²) in [6, 6.07) is 0. The van der Waals surface area contributed by atoms with Crippen molar-refractivity contribution >= 4 is 22.6 Å². The SMILES string of the molecule is C[C@]12CCC3C(CCC4C[C@@H](O)CC[C@@]43C)C1C[C@@H](I)C2. The first-order chi connectivity index (χ1) is 9.92. The fourth-order valence-electron chi connectivity index (χ4n) is 7.21. The van der Waals surface area contributed by atoms with Gasteiger partial charge in [0.15, 0.2) is 0 Å². The van der Waals surface area contributed by atoms with Gasteiger partial charge in [0.1, 0.15) is 0 Å². The smallest absolute Gasteiger partial charge is 0.0543 e. The Morgan fingerprint density at radius 1 is 0.952 bits per heavy atom. The van der Waals surface area contributed by atoms with Gasteiger partial charge in [0.05, 0.1) is 6.10 Å². The van der Waals surface area contributed by atoms with Gasteiger partial charge in [-0.25, -0.2) is 0 Å². The third-order valence-electron chi connectivity index (χ3n) is 8.35. The second-order valence-electron chi connectivity index (χ2n) is 9.31. The molecule has 0 amide bonds. The van der Waals surface area contributed by atoms with Gasteiger partial charge >= 0.3 is 0 Å². The molecule has 0 aromatic carbocycles. The summed E-state index contributed by atoms with van der Waals surface area (Å²) in [6.45, 7) is 5.20. The van der Waals surface area contributed by atoms with Gasteiger partial charge in [-0.1, -0.05) is 36.4 Å². The van der Waals surface area contributed by atoms with Crippen molar-refractivity contribution in [3.05, 3.63) is 0 Å². The van der Waals surface area contributed by atoms with Crippen LogP contribution >= 0.6 is 22.6 Å². The standard InChI is InChI=1S/C19H31IO/c1-18-7-6-16-15(17(18)10-13(20)11-18)4-3-12-9-14(21)5-8-19(12,16)2/h12-17,21H,3-11H2,1-2H3/t12?,13-,14+,15?,16?,17?,18-,19+/m1/s1. The van der Waals surface area contributed by atoms with Crippen LogP contribution in [-0.2, 0) is 0 Å². The molecule has 8 atom stereocenters. The van der Waals surface area contributed by atoms with Crippen LogP contribution in [0.15, 0.2) is 0 Å². The van der Waals surface area contributed by atoms with Gasteiger partial charge in [-0.05, 0) is 92.3 Å². The molecule has 1 nitrogen and oxygen atoms in total. The highest BCUT2D eigenvalue weighted by Crippen LogP contribution is 2.66. The summed E-state index contributed by atoms with van der Waals surface area (Å²) < 4.78 is 0.926. The number of halogens is 1. The summed E-state index contributed by atoms with van der Waals surface area (Å²) in [5, 5.41) is 10.1. The van der Waals surface area contributed by atoms with E-state index < -0.39 is 0 Å². The monoisotopic (exact) mass is 402 g/mol. The zero-order valence-electron chi connectivity index (χ0n) is 13.7. The number of rotatable bonds is 0. The average molecular weight is 402 g/mol. The normalized spacial score (nSPS) is 60.0. The minimum atomic E-state index is -0.00121. The lowest BCUT2D eigenvalue weighted by Gasteiger charge is -2.60. The molecular formula is C19H31IO. The van der Waals surface area contributed by atoms with Crippen LogP contribution in [0.2, 0.25) is 0 Å². The summed E-state index contributed by atoms with van der Waals surface area (Å²) in [5.74, 6) is 3.77. The largest absolute Gasteiger partial charge is 0.393 e. The molecule has 4 rings (SSSR count). The Hall–Kier alpha value is 0.690. The van der Waals surface area contributed by atoms with Crippen molar-refractivity contribution in [3.63, 3.8) is 0 Å². The summed E-state index contributed by atoms with van der Waals surface area (Å²) in [5.41, 5.74) is 1.21. The Kier molecular flexibility index (Phi) is 3.69. The molecule has 2 heteroatoms. The number of hydrogen-bond acceptors (Lipinski definition) is 1. The average Bonchev–Trinajstić information content (AvgIpc) is 2.74. The number of aliphatic hydroxyl groups excluding tert-OH is 1. The van der Waals surface area contributed by atoms with E-state index in [0.717, 1.165) is 40.4 Å². The maximum Gasteiger partial charge on any atom is 0.0543 e. The quantitative estimate of drug-likeness (QED) is 0.437. The van der Waals surface area contributed by atoms with Crippen LogP contribution in [-0.4, -0.2) is 15.1 Å². The first-order valence-corrected chi connectivity index (χ1v) is 10.5. The van der Waals surface area contributed by atoms with Crippen LogP contribution in [0, 0.1) is 34.5 Å². The molecule has 0 saturated heterocycles. The summed E-state index contributed by atoms with van der Waals surface area (Å²) in [7, 11) is 0. The van der Waals surface area contributed by atoms with Gasteiger partial charge in [-0.3, -0.25) is 0 Å². The molecule has 0 bridgehead atoms. The third-order valence-corrected chi connectivity index (χ3v) is 9.30. The molecule has 0 heterocycles. The van der Waals surface area contributed by atoms with E-state index in [0.29, 0.717) is 10.8 Å². The third kappa shape index (κ3) is 2.25. The van der Waals surface area contributed by atoms with Gasteiger partial charge in [-0.2, -0.15) is 0 Å². The predicted molar refractivity (Wildman–Crippen MR) is 95.5 cm³/mol. The van der Waals surface area contributed by atoms with Crippen molar-refractivity contribution in [1.82, 2.24) is 0 Å². The van der Waals surface area contributed by atoms with Crippen LogP contribution < -0.4 is 0 Å². The Labute approximate surface area is 143 Å². The molecule has 0 aromatic rings. The zero-order valence-corrected chi connectivity index (χ0v) is 15.8. The maximum atomic E-state index is 10.1. The molecule has 0 spiro atoms. The lowest BCUT2D eigenvalue weighted by molar-refractivity contribution is -0.120. The van der Waals surface area contributed by atoms with Crippen molar-refractivity contribution < 1.29 is 5.11 Å². The van der Waals surface area contributed by atoms with E-state index in [-0.39, 0.29) is 6.10 Å². The van der Waals surface area contributed by atoms with Gasteiger partial charge in [0, 0.05) is 3.92 Å². The molecule has 4 unspecified atom stereocenters. The van der Waals surface area contributed by atoms with Crippen LogP contribution in [0.1, 0.15) is 71.6 Å². The molecule has 21 heavy (non-hydrogen) atoms. The van der Waals surface area contributed by atoms with E-state index in [4.69, 9.17) is 0 Å². The second kappa shape index (κ2) is 5.09. The fourth-order valence-corrected chi connectivity index (χ4v) is 8.76. The number of hydrogen-bond donors (Lipinski definition) is 1. The first kappa shape index (κ1) is 15.2. The molecule has 0 aromatic heterocycles. The van der Waals surface area contributed by atoms with Gasteiger partial charge in [-0.15, -0.1) is 0 Å². The lowest BCUT2D eigenvalue weighted by Crippen LogP contribution is -2.53. The van der Waals surface area contributed by atoms with Crippen LogP contribution in [0.25, 0.3) is 0 Å². The molecule has 120 valence electrons. The Bertz CT molecular complexity index is 424. The first-order valence-electron chi connectivity index (χ1n) is 9.24. The van der Waals surface area contributed by atoms with Gasteiger partial charge < -0.3 is 5.11 Å². The summed E-state index contributed by atoms with van der Waals surface area (Å²) in [4.78, 5) is 0. The molecule has 4 aliphatic carbocycles. The fraction of sp³-hybridized carbons (Fsp3) is 1.00. The van der Waals surface area contributed by atoms with E-state index in [1.165, 1.54) is 44.9 Å². The molecule has 1 N–H and O–H groups in total. The van der Waals surface area contributed by atoms with Gasteiger partial charge in [0.25, 0.3) is 0 Å². The lowest BCUT2D eigenvalue weighted by atomic mass is 9.45. The van der Waals surface area contributed by atoms with E-state index in [1.807, 2.05) is 0 Å². The Morgan fingerprint density at radius 2 is 1.76 bits per heavy atom. The molecular weight excluding hydrogens is 371 g/mol. The summed E-state index contributed by atoms with van der Waals surface area (Å²) in [6.07, 6.45) is 12.2. The van der Waals surface area contributed by atoms with Crippen molar-refractivity contribution in [2.75, 3.05) is 0 Å². The second-order valence-corrected chi connectivity index (χ2v) is 11.1. The van der Waals surface area contributed by atoms with Crippen LogP contribution in [0.4, 0.5) is 0 Å². The van der Waals surface area contributed by atoms with Crippen LogP contribution in [0.3, 0.4) is 0 Å². The van der Waals surface area contributed by atoms with E-state index >= 15 is 0 Å². The number of alkyl halides is 1. The molecule has 4 fully saturated rings. The molecule has 4 aliphatic rings. The van der Waals surface area contributed by atoms with Crippen molar-refractivity contribution in [1.29, 1.82) is 0 Å². The molecule has 0 aliphatic heterocycles. The molecule has 4 saturated carbocycles. The van der Waals surface area contributed by atoms with Crippen molar-refractivity contribution in [2.45, 2.75) is 81.7 Å². The Morgan fingerprint density at radius 3 is 2.57 bits per heavy atom. The number of aliphatic hydroxyl groups is 1. The van der Waals surface area contributed by atoms with E-state index in [1.54, 1.807) is 0 Å². The van der Waals surface area contributed by atoms with E-state index in [9.17, 15) is 5.11 Å². The van der Waals surface area contributed by atoms with Crippen molar-refractivity contribution in [2.24, 2.45) is 34.5 Å². The maximum absolute atomic E-state index is 10.1.